The van der Waals surface area contributed by atoms with Gasteiger partial charge in [0.15, 0.2) is 6.39 Å². The van der Waals surface area contributed by atoms with E-state index in [1.165, 1.54) is 6.20 Å². The van der Waals surface area contributed by atoms with E-state index >= 15 is 0 Å². The minimum absolute atomic E-state index is 0.0484. The zero-order chi connectivity index (χ0) is 9.19. The number of hydrogen-bond acceptors (Lipinski definition) is 3. The Morgan fingerprint density at radius 2 is 2.25 bits per heavy atom. The molecule has 0 saturated heterocycles. The van der Waals surface area contributed by atoms with Gasteiger partial charge < -0.3 is 10.2 Å². The van der Waals surface area contributed by atoms with Crippen LogP contribution in [0.5, 0.6) is 0 Å². The van der Waals surface area contributed by atoms with Gasteiger partial charge in [0.05, 0.1) is 18.7 Å². The van der Waals surface area contributed by atoms with Crippen molar-refractivity contribution in [2.24, 2.45) is 5.73 Å². The first kappa shape index (κ1) is 9.05. The Kier molecular flexibility index (Phi) is 2.37. The molecule has 0 aromatic carbocycles. The van der Waals surface area contributed by atoms with Crippen molar-refractivity contribution in [3.63, 3.8) is 0 Å². The molecule has 0 aliphatic carbocycles. The summed E-state index contributed by atoms with van der Waals surface area (Å²) < 4.78 is 39.9. The van der Waals surface area contributed by atoms with E-state index in [0.717, 1.165) is 6.39 Å². The van der Waals surface area contributed by atoms with Crippen LogP contribution in [-0.4, -0.2) is 11.2 Å². The van der Waals surface area contributed by atoms with Gasteiger partial charge in [0, 0.05) is 0 Å². The summed E-state index contributed by atoms with van der Waals surface area (Å²) >= 11 is 0. The third-order valence-corrected chi connectivity index (χ3v) is 1.27. The number of nitrogens with two attached hydrogens (primary N) is 1. The highest BCUT2D eigenvalue weighted by Gasteiger charge is 2.32. The van der Waals surface area contributed by atoms with Gasteiger partial charge in [-0.25, -0.2) is 4.98 Å². The van der Waals surface area contributed by atoms with Crippen LogP contribution in [0.15, 0.2) is 17.0 Å². The van der Waals surface area contributed by atoms with Crippen molar-refractivity contribution >= 4 is 0 Å². The molecule has 1 aromatic heterocycles. The number of aromatic nitrogens is 1. The summed E-state index contributed by atoms with van der Waals surface area (Å²) in [5.74, 6) is 0.0484. The van der Waals surface area contributed by atoms with Gasteiger partial charge in [0.2, 0.25) is 0 Å². The van der Waals surface area contributed by atoms with E-state index < -0.39 is 18.6 Å². The van der Waals surface area contributed by atoms with Gasteiger partial charge in [0.1, 0.15) is 5.76 Å². The Labute approximate surface area is 66.4 Å². The number of rotatable bonds is 2. The lowest BCUT2D eigenvalue weighted by Gasteiger charge is -2.10. The molecule has 0 amide bonds. The molecule has 1 unspecified atom stereocenters. The Bertz CT molecular complexity index is 231. The fourth-order valence-corrected chi connectivity index (χ4v) is 0.759. The number of nitrogens with zero attached hydrogens (tertiary/aromatic N) is 1. The molecular formula is C6H7F3N2O. The van der Waals surface area contributed by atoms with Crippen molar-refractivity contribution in [1.82, 2.24) is 4.98 Å². The van der Waals surface area contributed by atoms with Crippen LogP contribution in [0, 0.1) is 0 Å². The van der Waals surface area contributed by atoms with Gasteiger partial charge >= 0.3 is 6.18 Å². The largest absolute Gasteiger partial charge is 0.447 e. The van der Waals surface area contributed by atoms with E-state index in [9.17, 15) is 13.2 Å². The molecule has 12 heavy (non-hydrogen) atoms. The van der Waals surface area contributed by atoms with Gasteiger partial charge in [0.25, 0.3) is 0 Å². The van der Waals surface area contributed by atoms with Gasteiger partial charge in [-0.1, -0.05) is 0 Å². The molecule has 6 heteroatoms. The summed E-state index contributed by atoms with van der Waals surface area (Å²) in [6.07, 6.45) is -3.14. The smallest absolute Gasteiger partial charge is 0.391 e. The van der Waals surface area contributed by atoms with Crippen molar-refractivity contribution in [2.75, 3.05) is 0 Å². The summed E-state index contributed by atoms with van der Waals surface area (Å²) in [6.45, 7) is 0. The predicted octanol–water partition coefficient (Wildman–Crippen LogP) is 1.63. The lowest BCUT2D eigenvalue weighted by molar-refractivity contribution is -0.139. The van der Waals surface area contributed by atoms with E-state index in [0.29, 0.717) is 0 Å². The highest BCUT2D eigenvalue weighted by atomic mass is 19.4. The van der Waals surface area contributed by atoms with Crippen molar-refractivity contribution < 1.29 is 17.6 Å². The number of hydrogen-bond donors (Lipinski definition) is 1. The van der Waals surface area contributed by atoms with E-state index in [4.69, 9.17) is 5.73 Å². The molecule has 0 aliphatic rings. The van der Waals surface area contributed by atoms with E-state index in [-0.39, 0.29) is 5.76 Å². The van der Waals surface area contributed by atoms with Gasteiger partial charge in [-0.05, 0) is 0 Å². The minimum Gasteiger partial charge on any atom is -0.447 e. The fourth-order valence-electron chi connectivity index (χ4n) is 0.759. The maximum absolute atomic E-state index is 11.8. The standard InChI is InChI=1S/C6H7F3N2O/c7-6(8,9)1-4(10)5-2-11-3-12-5/h2-4H,1,10H2. The maximum Gasteiger partial charge on any atom is 0.391 e. The second-order valence-corrected chi connectivity index (χ2v) is 2.33. The average Bonchev–Trinajstić information content (AvgIpc) is 2.32. The zero-order valence-electron chi connectivity index (χ0n) is 6.01. The molecule has 2 N–H and O–H groups in total. The van der Waals surface area contributed by atoms with Crippen LogP contribution in [0.1, 0.15) is 18.2 Å². The molecule has 0 aliphatic heterocycles. The summed E-state index contributed by atoms with van der Waals surface area (Å²) in [4.78, 5) is 3.46. The third kappa shape index (κ3) is 2.54. The predicted molar refractivity (Wildman–Crippen MR) is 34.1 cm³/mol. The molecule has 0 radical (unpaired) electrons. The molecule has 68 valence electrons. The summed E-state index contributed by atoms with van der Waals surface area (Å²) in [6, 6.07) is -1.16. The summed E-state index contributed by atoms with van der Waals surface area (Å²) in [7, 11) is 0. The number of alkyl halides is 3. The zero-order valence-corrected chi connectivity index (χ0v) is 6.01. The van der Waals surface area contributed by atoms with Crippen molar-refractivity contribution in [2.45, 2.75) is 18.6 Å². The fraction of sp³-hybridized carbons (Fsp3) is 0.500. The molecule has 0 saturated carbocycles. The minimum atomic E-state index is -4.27. The molecule has 1 atom stereocenters. The Hall–Kier alpha value is -1.04. The number of oxazole rings is 1. The quantitative estimate of drug-likeness (QED) is 0.752. The molecule has 1 rings (SSSR count). The first-order valence-electron chi connectivity index (χ1n) is 3.20. The van der Waals surface area contributed by atoms with Crippen molar-refractivity contribution in [1.29, 1.82) is 0 Å². The Morgan fingerprint density at radius 1 is 1.58 bits per heavy atom. The van der Waals surface area contributed by atoms with Crippen LogP contribution in [0.2, 0.25) is 0 Å². The highest BCUT2D eigenvalue weighted by Crippen LogP contribution is 2.27. The van der Waals surface area contributed by atoms with Gasteiger partial charge in [-0.3, -0.25) is 0 Å². The topological polar surface area (TPSA) is 52.0 Å². The van der Waals surface area contributed by atoms with Gasteiger partial charge in [-0.2, -0.15) is 13.2 Å². The third-order valence-electron chi connectivity index (χ3n) is 1.27. The molecule has 0 spiro atoms. The number of halogens is 3. The molecule has 1 heterocycles. The first-order valence-corrected chi connectivity index (χ1v) is 3.20. The van der Waals surface area contributed by atoms with Crippen LogP contribution in [0.3, 0.4) is 0 Å². The van der Waals surface area contributed by atoms with E-state index in [1.807, 2.05) is 0 Å². The molecule has 0 bridgehead atoms. The van der Waals surface area contributed by atoms with Crippen molar-refractivity contribution in [3.8, 4) is 0 Å². The summed E-state index contributed by atoms with van der Waals surface area (Å²) in [5.41, 5.74) is 5.17. The van der Waals surface area contributed by atoms with Gasteiger partial charge in [-0.15, -0.1) is 0 Å². The lowest BCUT2D eigenvalue weighted by Crippen LogP contribution is -2.19. The second kappa shape index (κ2) is 3.14. The second-order valence-electron chi connectivity index (χ2n) is 2.33. The summed E-state index contributed by atoms with van der Waals surface area (Å²) in [5, 5.41) is 0. The normalized spacial score (nSPS) is 14.7. The monoisotopic (exact) mass is 180 g/mol. The van der Waals surface area contributed by atoms with E-state index in [2.05, 4.69) is 9.40 Å². The van der Waals surface area contributed by atoms with Crippen LogP contribution >= 0.6 is 0 Å². The average molecular weight is 180 g/mol. The Morgan fingerprint density at radius 3 is 2.67 bits per heavy atom. The first-order chi connectivity index (χ1) is 5.49. The van der Waals surface area contributed by atoms with Crippen molar-refractivity contribution in [3.05, 3.63) is 18.4 Å². The van der Waals surface area contributed by atoms with Crippen LogP contribution in [0.25, 0.3) is 0 Å². The molecular weight excluding hydrogens is 173 g/mol. The Balaban J connectivity index is 2.56. The van der Waals surface area contributed by atoms with E-state index in [1.54, 1.807) is 0 Å². The SMILES string of the molecule is NC(CC(F)(F)F)c1cnco1. The molecule has 1 aromatic rings. The maximum atomic E-state index is 11.8. The molecule has 3 nitrogen and oxygen atoms in total. The molecule has 0 fully saturated rings. The van der Waals surface area contributed by atoms with Crippen LogP contribution in [0.4, 0.5) is 13.2 Å². The lowest BCUT2D eigenvalue weighted by atomic mass is 10.2. The van der Waals surface area contributed by atoms with Crippen LogP contribution < -0.4 is 5.73 Å². The van der Waals surface area contributed by atoms with Crippen LogP contribution in [-0.2, 0) is 0 Å². The highest BCUT2D eigenvalue weighted by molar-refractivity contribution is 4.96.